The number of hydrogen-bond acceptors (Lipinski definition) is 4. The summed E-state index contributed by atoms with van der Waals surface area (Å²) in [5, 5.41) is 4.54. The lowest BCUT2D eigenvalue weighted by atomic mass is 10.1. The molecule has 0 bridgehead atoms. The normalized spacial score (nSPS) is 12.7. The minimum absolute atomic E-state index is 0.280. The molecule has 19 heavy (non-hydrogen) atoms. The van der Waals surface area contributed by atoms with Crippen LogP contribution in [0.15, 0.2) is 32.7 Å². The van der Waals surface area contributed by atoms with Gasteiger partial charge in [0.05, 0.1) is 10.7 Å². The zero-order chi connectivity index (χ0) is 14.0. The topological polar surface area (TPSA) is 38.1 Å². The van der Waals surface area contributed by atoms with Crippen molar-refractivity contribution in [3.63, 3.8) is 0 Å². The van der Waals surface area contributed by atoms with Crippen LogP contribution in [0.5, 0.6) is 0 Å². The lowest BCUT2D eigenvalue weighted by Crippen LogP contribution is -2.12. The van der Waals surface area contributed by atoms with Crippen molar-refractivity contribution in [3.05, 3.63) is 40.2 Å². The summed E-state index contributed by atoms with van der Waals surface area (Å²) in [6, 6.07) is 6.33. The van der Waals surface area contributed by atoms with Crippen LogP contribution >= 0.6 is 23.4 Å². The molecule has 0 fully saturated rings. The third-order valence-electron chi connectivity index (χ3n) is 3.10. The summed E-state index contributed by atoms with van der Waals surface area (Å²) in [7, 11) is 1.93. The first-order chi connectivity index (χ1) is 9.01. The number of nitrogens with zero attached hydrogens (tertiary/aromatic N) is 1. The van der Waals surface area contributed by atoms with Gasteiger partial charge in [-0.15, -0.1) is 0 Å². The Bertz CT molecular complexity index is 563. The molecule has 0 saturated heterocycles. The van der Waals surface area contributed by atoms with Crippen molar-refractivity contribution >= 4 is 23.4 Å². The Hall–Kier alpha value is -0.970. The van der Waals surface area contributed by atoms with Crippen LogP contribution in [-0.2, 0) is 0 Å². The highest BCUT2D eigenvalue weighted by molar-refractivity contribution is 7.99. The molecule has 2 aromatic rings. The number of benzene rings is 1. The predicted molar refractivity (Wildman–Crippen MR) is 79.0 cm³/mol. The number of halogens is 1. The fraction of sp³-hybridized carbons (Fsp3) is 0.357. The van der Waals surface area contributed by atoms with E-state index >= 15 is 0 Å². The molecule has 1 aromatic heterocycles. The van der Waals surface area contributed by atoms with E-state index in [4.69, 9.17) is 16.0 Å². The SMILES string of the molecule is CNC(C)c1ccc(Sc2nc(C)c(C)o2)c(Cl)c1. The Morgan fingerprint density at radius 2 is 2.11 bits per heavy atom. The molecule has 1 unspecified atom stereocenters. The third-order valence-corrected chi connectivity index (χ3v) is 4.45. The van der Waals surface area contributed by atoms with Gasteiger partial charge >= 0.3 is 0 Å². The van der Waals surface area contributed by atoms with Gasteiger partial charge in [0.1, 0.15) is 5.76 Å². The molecule has 0 radical (unpaired) electrons. The van der Waals surface area contributed by atoms with Crippen molar-refractivity contribution in [1.82, 2.24) is 10.3 Å². The predicted octanol–water partition coefficient (Wildman–Crippen LogP) is 4.38. The number of rotatable bonds is 4. The standard InChI is InChI=1S/C14H17ClN2OS/c1-8-10(3)18-14(17-8)19-13-6-5-11(7-12(13)15)9(2)16-4/h5-7,9,16H,1-4H3. The maximum atomic E-state index is 6.31. The Balaban J connectivity index is 2.21. The molecule has 1 N–H and O–H groups in total. The van der Waals surface area contributed by atoms with Crippen molar-refractivity contribution in [1.29, 1.82) is 0 Å². The van der Waals surface area contributed by atoms with Crippen molar-refractivity contribution < 1.29 is 4.42 Å². The summed E-state index contributed by atoms with van der Waals surface area (Å²) in [4.78, 5) is 5.30. The second-order valence-corrected chi connectivity index (χ2v) is 5.82. The Kier molecular flexibility index (Phi) is 4.55. The molecule has 1 atom stereocenters. The van der Waals surface area contributed by atoms with Gasteiger partial charge in [-0.1, -0.05) is 17.7 Å². The zero-order valence-electron chi connectivity index (χ0n) is 11.5. The second-order valence-electron chi connectivity index (χ2n) is 4.42. The van der Waals surface area contributed by atoms with Crippen LogP contribution in [0.1, 0.15) is 30.0 Å². The van der Waals surface area contributed by atoms with Crippen LogP contribution in [0.4, 0.5) is 0 Å². The fourth-order valence-electron chi connectivity index (χ4n) is 1.62. The Labute approximate surface area is 122 Å². The highest BCUT2D eigenvalue weighted by atomic mass is 35.5. The van der Waals surface area contributed by atoms with E-state index in [1.165, 1.54) is 11.8 Å². The Morgan fingerprint density at radius 1 is 1.37 bits per heavy atom. The van der Waals surface area contributed by atoms with Gasteiger partial charge < -0.3 is 9.73 Å². The summed E-state index contributed by atoms with van der Waals surface area (Å²) >= 11 is 7.76. The van der Waals surface area contributed by atoms with E-state index < -0.39 is 0 Å². The van der Waals surface area contributed by atoms with Crippen LogP contribution in [-0.4, -0.2) is 12.0 Å². The van der Waals surface area contributed by atoms with Crippen molar-refractivity contribution in [3.8, 4) is 0 Å². The summed E-state index contributed by atoms with van der Waals surface area (Å²) in [6.07, 6.45) is 0. The molecule has 1 aromatic carbocycles. The molecule has 2 rings (SSSR count). The third kappa shape index (κ3) is 3.32. The molecule has 0 spiro atoms. The molecular weight excluding hydrogens is 280 g/mol. The number of aryl methyl sites for hydroxylation is 2. The van der Waals surface area contributed by atoms with E-state index in [2.05, 4.69) is 23.3 Å². The first-order valence-corrected chi connectivity index (χ1v) is 7.29. The maximum Gasteiger partial charge on any atom is 0.261 e. The first-order valence-electron chi connectivity index (χ1n) is 6.10. The van der Waals surface area contributed by atoms with Gasteiger partial charge in [-0.25, -0.2) is 4.98 Å². The molecule has 1 heterocycles. The molecule has 102 valence electrons. The lowest BCUT2D eigenvalue weighted by Gasteiger charge is -2.11. The van der Waals surface area contributed by atoms with E-state index in [0.717, 1.165) is 26.9 Å². The van der Waals surface area contributed by atoms with Gasteiger partial charge in [0, 0.05) is 10.9 Å². The monoisotopic (exact) mass is 296 g/mol. The molecule has 3 nitrogen and oxygen atoms in total. The molecule has 0 aliphatic rings. The van der Waals surface area contributed by atoms with Crippen molar-refractivity contribution in [2.24, 2.45) is 0 Å². The number of nitrogens with one attached hydrogen (secondary N) is 1. The summed E-state index contributed by atoms with van der Waals surface area (Å²) < 4.78 is 5.55. The van der Waals surface area contributed by atoms with Crippen LogP contribution in [0.2, 0.25) is 5.02 Å². The molecule has 0 amide bonds. The molecule has 0 saturated carbocycles. The highest BCUT2D eigenvalue weighted by Crippen LogP contribution is 2.34. The number of oxazole rings is 1. The average molecular weight is 297 g/mol. The quantitative estimate of drug-likeness (QED) is 0.909. The maximum absolute atomic E-state index is 6.31. The van der Waals surface area contributed by atoms with E-state index in [9.17, 15) is 0 Å². The Morgan fingerprint density at radius 3 is 2.63 bits per heavy atom. The van der Waals surface area contributed by atoms with Crippen LogP contribution in [0.3, 0.4) is 0 Å². The molecule has 0 aliphatic heterocycles. The average Bonchev–Trinajstić information content (AvgIpc) is 2.70. The molecular formula is C14H17ClN2OS. The van der Waals surface area contributed by atoms with E-state index in [-0.39, 0.29) is 6.04 Å². The molecule has 0 aliphatic carbocycles. The minimum Gasteiger partial charge on any atom is -0.436 e. The van der Waals surface area contributed by atoms with Gasteiger partial charge in [0.25, 0.3) is 5.22 Å². The lowest BCUT2D eigenvalue weighted by molar-refractivity contribution is 0.431. The number of aromatic nitrogens is 1. The zero-order valence-corrected chi connectivity index (χ0v) is 13.0. The van der Waals surface area contributed by atoms with E-state index in [0.29, 0.717) is 5.22 Å². The summed E-state index contributed by atoms with van der Waals surface area (Å²) in [5.41, 5.74) is 2.08. The van der Waals surface area contributed by atoms with Crippen molar-refractivity contribution in [2.45, 2.75) is 36.9 Å². The molecule has 5 heteroatoms. The van der Waals surface area contributed by atoms with Gasteiger partial charge in [0.15, 0.2) is 0 Å². The smallest absolute Gasteiger partial charge is 0.261 e. The second kappa shape index (κ2) is 5.99. The van der Waals surface area contributed by atoms with Gasteiger partial charge in [-0.3, -0.25) is 0 Å². The van der Waals surface area contributed by atoms with E-state index in [1.54, 1.807) is 0 Å². The van der Waals surface area contributed by atoms with Crippen LogP contribution < -0.4 is 5.32 Å². The first kappa shape index (κ1) is 14.4. The van der Waals surface area contributed by atoms with Gasteiger partial charge in [0.2, 0.25) is 0 Å². The largest absolute Gasteiger partial charge is 0.436 e. The van der Waals surface area contributed by atoms with Crippen LogP contribution in [0.25, 0.3) is 0 Å². The highest BCUT2D eigenvalue weighted by Gasteiger charge is 2.11. The number of hydrogen-bond donors (Lipinski definition) is 1. The van der Waals surface area contributed by atoms with Gasteiger partial charge in [-0.05, 0) is 57.3 Å². The summed E-state index contributed by atoms with van der Waals surface area (Å²) in [6.45, 7) is 5.94. The minimum atomic E-state index is 0.280. The van der Waals surface area contributed by atoms with Gasteiger partial charge in [-0.2, -0.15) is 0 Å². The van der Waals surface area contributed by atoms with Crippen LogP contribution in [0, 0.1) is 13.8 Å². The summed E-state index contributed by atoms with van der Waals surface area (Å²) in [5.74, 6) is 0.846. The fourth-order valence-corrected chi connectivity index (χ4v) is 2.75. The van der Waals surface area contributed by atoms with Crippen molar-refractivity contribution in [2.75, 3.05) is 7.05 Å². The van der Waals surface area contributed by atoms with E-state index in [1.807, 2.05) is 33.0 Å².